The van der Waals surface area contributed by atoms with Crippen LogP contribution >= 0.6 is 0 Å². The van der Waals surface area contributed by atoms with Gasteiger partial charge in [-0.15, -0.1) is 0 Å². The highest BCUT2D eigenvalue weighted by molar-refractivity contribution is 6.19. The number of hydrogen-bond donors (Lipinski definition) is 0. The maximum Gasteiger partial charge on any atom is 0.242 e. The Hall–Kier alpha value is -3.65. The van der Waals surface area contributed by atoms with E-state index in [-0.39, 0.29) is 11.6 Å². The maximum atomic E-state index is 13.8. The molecule has 0 amide bonds. The number of allylic oxidation sites excluding steroid dienone is 3. The summed E-state index contributed by atoms with van der Waals surface area (Å²) >= 11 is 0. The van der Waals surface area contributed by atoms with E-state index >= 15 is 0 Å². The van der Waals surface area contributed by atoms with Crippen LogP contribution in [0.2, 0.25) is 0 Å². The molecule has 47 heavy (non-hydrogen) atoms. The van der Waals surface area contributed by atoms with Crippen molar-refractivity contribution >= 4 is 23.0 Å². The molecular weight excluding hydrogens is 588 g/mol. The van der Waals surface area contributed by atoms with E-state index in [0.717, 1.165) is 24.4 Å². The SMILES string of the molecule is CCN(CC)/C(=C/C=C/C(c1ccc(C)cc1)=[N+]1CCC2(C=C3C(=O)C(C)(C)C(=O)C(C)(C)C3(OC)OO2)CC1)c1ccc(C)cc1. The van der Waals surface area contributed by atoms with Crippen molar-refractivity contribution in [3.05, 3.63) is 101 Å². The number of rotatable bonds is 8. The van der Waals surface area contributed by atoms with Gasteiger partial charge in [0.15, 0.2) is 11.6 Å². The number of Topliss-reactive ketones (excluding diaryl/α,β-unsaturated/α-hetero) is 2. The first-order valence-corrected chi connectivity index (χ1v) is 16.9. The van der Waals surface area contributed by atoms with E-state index < -0.39 is 22.2 Å². The average Bonchev–Trinajstić information content (AvgIpc) is 3.06. The Labute approximate surface area is 280 Å². The van der Waals surface area contributed by atoms with Crippen LogP contribution in [0.15, 0.2) is 78.4 Å². The summed E-state index contributed by atoms with van der Waals surface area (Å²) in [6, 6.07) is 17.3. The fraction of sp³-hybridized carbons (Fsp3) is 0.475. The van der Waals surface area contributed by atoms with Crippen molar-refractivity contribution in [2.45, 2.75) is 79.6 Å². The number of piperidine rings is 1. The molecule has 1 saturated heterocycles. The maximum absolute atomic E-state index is 13.8. The molecule has 2 aromatic carbocycles. The van der Waals surface area contributed by atoms with Crippen molar-refractivity contribution in [1.29, 1.82) is 0 Å². The van der Waals surface area contributed by atoms with E-state index in [4.69, 9.17) is 14.5 Å². The molecule has 1 saturated carbocycles. The summed E-state index contributed by atoms with van der Waals surface area (Å²) in [5.74, 6) is -2.09. The molecule has 2 heterocycles. The summed E-state index contributed by atoms with van der Waals surface area (Å²) < 4.78 is 8.22. The molecule has 2 aliphatic heterocycles. The molecule has 1 atom stereocenters. The van der Waals surface area contributed by atoms with Crippen LogP contribution in [0, 0.1) is 24.7 Å². The second-order valence-corrected chi connectivity index (χ2v) is 14.2. The van der Waals surface area contributed by atoms with Crippen molar-refractivity contribution in [3.8, 4) is 0 Å². The van der Waals surface area contributed by atoms with Gasteiger partial charge in [-0.1, -0.05) is 53.6 Å². The number of aryl methyl sites for hydroxylation is 2. The third-order valence-electron chi connectivity index (χ3n) is 10.4. The summed E-state index contributed by atoms with van der Waals surface area (Å²) in [5.41, 5.74) is 4.35. The summed E-state index contributed by atoms with van der Waals surface area (Å²) in [4.78, 5) is 41.8. The predicted molar refractivity (Wildman–Crippen MR) is 186 cm³/mol. The van der Waals surface area contributed by atoms with Crippen LogP contribution < -0.4 is 0 Å². The number of carbonyl (C=O) groups excluding carboxylic acids is 2. The quantitative estimate of drug-likeness (QED) is 0.134. The van der Waals surface area contributed by atoms with Crippen molar-refractivity contribution in [3.63, 3.8) is 0 Å². The van der Waals surface area contributed by atoms with Crippen LogP contribution in [0.4, 0.5) is 0 Å². The number of benzene rings is 2. The predicted octanol–water partition coefficient (Wildman–Crippen LogP) is 7.01. The first kappa shape index (κ1) is 34.7. The molecule has 7 heteroatoms. The van der Waals surface area contributed by atoms with E-state index in [1.807, 2.05) is 6.08 Å². The topological polar surface area (TPSA) is 68.1 Å². The molecule has 0 aromatic heterocycles. The minimum atomic E-state index is -1.59. The molecule has 2 aromatic rings. The molecule has 1 aliphatic carbocycles. The van der Waals surface area contributed by atoms with Gasteiger partial charge < -0.3 is 9.64 Å². The number of methoxy groups -OCH3 is 1. The van der Waals surface area contributed by atoms with E-state index in [0.29, 0.717) is 31.5 Å². The first-order chi connectivity index (χ1) is 22.2. The van der Waals surface area contributed by atoms with Crippen molar-refractivity contribution in [2.75, 3.05) is 33.3 Å². The van der Waals surface area contributed by atoms with Crippen molar-refractivity contribution in [1.82, 2.24) is 4.90 Å². The Bertz CT molecular complexity index is 1630. The fourth-order valence-corrected chi connectivity index (χ4v) is 7.36. The van der Waals surface area contributed by atoms with Gasteiger partial charge in [0.1, 0.15) is 18.7 Å². The smallest absolute Gasteiger partial charge is 0.242 e. The van der Waals surface area contributed by atoms with Crippen LogP contribution in [-0.4, -0.2) is 71.4 Å². The highest BCUT2D eigenvalue weighted by Gasteiger charge is 2.69. The lowest BCUT2D eigenvalue weighted by atomic mass is 9.57. The normalized spacial score (nSPS) is 25.6. The zero-order chi connectivity index (χ0) is 34.2. The molecule has 2 fully saturated rings. The molecule has 7 nitrogen and oxygen atoms in total. The average molecular weight is 640 g/mol. The first-order valence-electron chi connectivity index (χ1n) is 16.9. The van der Waals surface area contributed by atoms with Gasteiger partial charge in [-0.3, -0.25) is 9.59 Å². The molecule has 1 unspecified atom stereocenters. The monoisotopic (exact) mass is 639 g/mol. The Morgan fingerprint density at radius 2 is 1.43 bits per heavy atom. The number of ether oxygens (including phenoxy) is 1. The fourth-order valence-electron chi connectivity index (χ4n) is 7.36. The highest BCUT2D eigenvalue weighted by atomic mass is 17.2. The summed E-state index contributed by atoms with van der Waals surface area (Å²) in [7, 11) is 1.46. The third-order valence-corrected chi connectivity index (χ3v) is 10.4. The van der Waals surface area contributed by atoms with Gasteiger partial charge in [0, 0.05) is 50.4 Å². The summed E-state index contributed by atoms with van der Waals surface area (Å²) in [5, 5.41) is 0. The van der Waals surface area contributed by atoms with E-state index in [9.17, 15) is 9.59 Å². The Morgan fingerprint density at radius 3 is 1.96 bits per heavy atom. The summed E-state index contributed by atoms with van der Waals surface area (Å²) in [6.45, 7) is 18.7. The van der Waals surface area contributed by atoms with E-state index in [1.165, 1.54) is 29.5 Å². The van der Waals surface area contributed by atoms with Gasteiger partial charge in [-0.05, 0) is 85.2 Å². The molecule has 5 rings (SSSR count). The van der Waals surface area contributed by atoms with Gasteiger partial charge in [0.25, 0.3) is 0 Å². The minimum absolute atomic E-state index is 0.229. The van der Waals surface area contributed by atoms with Crippen LogP contribution in [-0.2, 0) is 24.1 Å². The highest BCUT2D eigenvalue weighted by Crippen LogP contribution is 2.55. The Morgan fingerprint density at radius 1 is 0.872 bits per heavy atom. The zero-order valence-corrected chi connectivity index (χ0v) is 29.6. The number of ketones is 2. The second kappa shape index (κ2) is 13.1. The van der Waals surface area contributed by atoms with Gasteiger partial charge in [0.05, 0.1) is 16.4 Å². The van der Waals surface area contributed by atoms with Gasteiger partial charge in [-0.25, -0.2) is 9.46 Å². The molecule has 0 radical (unpaired) electrons. The van der Waals surface area contributed by atoms with Crippen LogP contribution in [0.25, 0.3) is 5.70 Å². The van der Waals surface area contributed by atoms with Gasteiger partial charge >= 0.3 is 0 Å². The minimum Gasteiger partial charge on any atom is -0.372 e. The molecule has 3 aliphatic rings. The summed E-state index contributed by atoms with van der Waals surface area (Å²) in [6.07, 6.45) is 9.68. The number of fused-ring (bicyclic) bond motifs is 1. The van der Waals surface area contributed by atoms with Gasteiger partial charge in [0.2, 0.25) is 11.5 Å². The van der Waals surface area contributed by atoms with Gasteiger partial charge in [-0.2, -0.15) is 4.89 Å². The largest absolute Gasteiger partial charge is 0.372 e. The Balaban J connectivity index is 1.51. The second-order valence-electron chi connectivity index (χ2n) is 14.2. The molecule has 250 valence electrons. The van der Waals surface area contributed by atoms with Crippen molar-refractivity contribution < 1.29 is 28.7 Å². The van der Waals surface area contributed by atoms with Crippen LogP contribution in [0.5, 0.6) is 0 Å². The van der Waals surface area contributed by atoms with Crippen LogP contribution in [0.1, 0.15) is 76.6 Å². The van der Waals surface area contributed by atoms with Crippen molar-refractivity contribution in [2.24, 2.45) is 10.8 Å². The molecule has 1 spiro atoms. The van der Waals surface area contributed by atoms with Crippen LogP contribution in [0.3, 0.4) is 0 Å². The standard InChI is InChI=1S/C40H51N2O5/c1-10-41(11-2)33(30-19-15-28(3)16-20-30)13-12-14-34(31-21-17-29(4)18-22-31)42-25-23-39(24-26-42)27-32-35(43)37(5,6)36(44)38(7,8)40(32,45-9)47-46-39/h12-22,27H,10-11,23-26H2,1-9H3/q+1. The lowest BCUT2D eigenvalue weighted by molar-refractivity contribution is -0.561. The molecule has 0 bridgehead atoms. The number of hydrogen-bond acceptors (Lipinski definition) is 6. The van der Waals surface area contributed by atoms with E-state index in [2.05, 4.69) is 104 Å². The Kier molecular flexibility index (Phi) is 9.66. The molecular formula is C40H51N2O5+. The van der Waals surface area contributed by atoms with E-state index in [1.54, 1.807) is 27.7 Å². The third kappa shape index (κ3) is 6.10. The zero-order valence-electron chi connectivity index (χ0n) is 29.6. The molecule has 0 N–H and O–H groups in total. The number of nitrogens with zero attached hydrogens (tertiary/aromatic N) is 2. The lowest BCUT2D eigenvalue weighted by Crippen LogP contribution is -2.67. The number of carbonyl (C=O) groups is 2. The lowest BCUT2D eigenvalue weighted by Gasteiger charge is -2.54.